The summed E-state index contributed by atoms with van der Waals surface area (Å²) >= 11 is 0. The van der Waals surface area contributed by atoms with Gasteiger partial charge < -0.3 is 9.47 Å². The van der Waals surface area contributed by atoms with E-state index in [2.05, 4.69) is 55.5 Å². The molecule has 0 atom stereocenters. The quantitative estimate of drug-likeness (QED) is 0.755. The molecule has 0 unspecified atom stereocenters. The number of ether oxygens (including phenoxy) is 2. The Labute approximate surface area is 138 Å². The summed E-state index contributed by atoms with van der Waals surface area (Å²) in [5.74, 6) is 1.82. The van der Waals surface area contributed by atoms with E-state index in [1.54, 1.807) is 14.2 Å². The summed E-state index contributed by atoms with van der Waals surface area (Å²) in [5, 5.41) is 0. The molecule has 118 valence electrons. The van der Waals surface area contributed by atoms with Crippen molar-refractivity contribution in [1.29, 1.82) is 0 Å². The van der Waals surface area contributed by atoms with Crippen LogP contribution < -0.4 is 4.74 Å². The van der Waals surface area contributed by atoms with Gasteiger partial charge in [-0.1, -0.05) is 35.9 Å². The zero-order chi connectivity index (χ0) is 16.2. The molecule has 0 radical (unpaired) electrons. The third-order valence-corrected chi connectivity index (χ3v) is 4.21. The smallest absolute Gasteiger partial charge is 0.119 e. The second-order valence-electron chi connectivity index (χ2n) is 5.80. The average molecular weight is 306 g/mol. The molecule has 1 aliphatic rings. The Morgan fingerprint density at radius 1 is 0.913 bits per heavy atom. The first-order valence-corrected chi connectivity index (χ1v) is 7.91. The normalized spacial score (nSPS) is 14.0. The fourth-order valence-corrected chi connectivity index (χ4v) is 3.01. The average Bonchev–Trinajstić information content (AvgIpc) is 2.61. The molecule has 0 aromatic heterocycles. The monoisotopic (exact) mass is 306 g/mol. The SMILES string of the molecule is COC1=CCCC(c2ccc(OC)cc2-c2cccc(C)c2)=C1. The van der Waals surface area contributed by atoms with Gasteiger partial charge in [-0.2, -0.15) is 0 Å². The molecule has 0 N–H and O–H groups in total. The summed E-state index contributed by atoms with van der Waals surface area (Å²) in [6.45, 7) is 2.12. The molecule has 2 aromatic rings. The standard InChI is InChI=1S/C21H22O2/c1-15-6-4-7-16(12-15)21-14-19(23-3)10-11-20(21)17-8-5-9-18(13-17)22-2/h4,6-7,9-14H,5,8H2,1-3H3. The van der Waals surface area contributed by atoms with Crippen LogP contribution in [0.5, 0.6) is 5.75 Å². The van der Waals surface area contributed by atoms with Gasteiger partial charge in [-0.15, -0.1) is 0 Å². The van der Waals surface area contributed by atoms with E-state index < -0.39 is 0 Å². The number of aryl methyl sites for hydroxylation is 1. The summed E-state index contributed by atoms with van der Waals surface area (Å²) in [5.41, 5.74) is 6.24. The molecule has 2 aromatic carbocycles. The van der Waals surface area contributed by atoms with E-state index in [0.29, 0.717) is 0 Å². The lowest BCUT2D eigenvalue weighted by molar-refractivity contribution is 0.304. The fraction of sp³-hybridized carbons (Fsp3) is 0.238. The second-order valence-corrected chi connectivity index (χ2v) is 5.80. The van der Waals surface area contributed by atoms with Crippen LogP contribution in [-0.2, 0) is 4.74 Å². The molecule has 3 rings (SSSR count). The van der Waals surface area contributed by atoms with Crippen LogP contribution in [0, 0.1) is 6.92 Å². The molecule has 1 aliphatic carbocycles. The van der Waals surface area contributed by atoms with Crippen molar-refractivity contribution < 1.29 is 9.47 Å². The summed E-state index contributed by atoms with van der Waals surface area (Å²) in [7, 11) is 3.43. The van der Waals surface area contributed by atoms with Crippen molar-refractivity contribution in [3.05, 3.63) is 71.5 Å². The van der Waals surface area contributed by atoms with E-state index in [1.165, 1.54) is 27.8 Å². The van der Waals surface area contributed by atoms with Crippen LogP contribution in [0.4, 0.5) is 0 Å². The lowest BCUT2D eigenvalue weighted by Gasteiger charge is -2.18. The van der Waals surface area contributed by atoms with E-state index >= 15 is 0 Å². The minimum absolute atomic E-state index is 0.879. The maximum atomic E-state index is 5.44. The van der Waals surface area contributed by atoms with E-state index in [1.807, 2.05) is 6.07 Å². The van der Waals surface area contributed by atoms with Crippen LogP contribution in [0.25, 0.3) is 16.7 Å². The van der Waals surface area contributed by atoms with Gasteiger partial charge in [0.25, 0.3) is 0 Å². The van der Waals surface area contributed by atoms with E-state index in [0.717, 1.165) is 24.4 Å². The molecule has 0 aliphatic heterocycles. The first kappa shape index (κ1) is 15.4. The molecular weight excluding hydrogens is 284 g/mol. The highest BCUT2D eigenvalue weighted by Gasteiger charge is 2.14. The van der Waals surface area contributed by atoms with Crippen LogP contribution in [-0.4, -0.2) is 14.2 Å². The molecule has 0 fully saturated rings. The largest absolute Gasteiger partial charge is 0.497 e. The molecule has 2 heteroatoms. The molecule has 2 nitrogen and oxygen atoms in total. The second kappa shape index (κ2) is 6.74. The Morgan fingerprint density at radius 2 is 1.78 bits per heavy atom. The van der Waals surface area contributed by atoms with E-state index in [4.69, 9.17) is 9.47 Å². The topological polar surface area (TPSA) is 18.5 Å². The minimum atomic E-state index is 0.879. The number of hydrogen-bond acceptors (Lipinski definition) is 2. The van der Waals surface area contributed by atoms with Crippen molar-refractivity contribution >= 4 is 5.57 Å². The molecule has 23 heavy (non-hydrogen) atoms. The lowest BCUT2D eigenvalue weighted by Crippen LogP contribution is -1.97. The Hall–Kier alpha value is -2.48. The van der Waals surface area contributed by atoms with Crippen molar-refractivity contribution in [3.8, 4) is 16.9 Å². The van der Waals surface area contributed by atoms with E-state index in [-0.39, 0.29) is 0 Å². The zero-order valence-corrected chi connectivity index (χ0v) is 13.9. The summed E-state index contributed by atoms with van der Waals surface area (Å²) in [6.07, 6.45) is 6.32. The Bertz CT molecular complexity index is 769. The highest BCUT2D eigenvalue weighted by molar-refractivity contribution is 5.83. The lowest BCUT2D eigenvalue weighted by atomic mass is 9.89. The molecular formula is C21H22O2. The predicted octanol–water partition coefficient (Wildman–Crippen LogP) is 5.38. The zero-order valence-electron chi connectivity index (χ0n) is 13.9. The Kier molecular flexibility index (Phi) is 4.52. The molecule has 0 heterocycles. The fourth-order valence-electron chi connectivity index (χ4n) is 3.01. The third kappa shape index (κ3) is 3.31. The van der Waals surface area contributed by atoms with Gasteiger partial charge in [0.1, 0.15) is 11.5 Å². The maximum Gasteiger partial charge on any atom is 0.119 e. The van der Waals surface area contributed by atoms with Crippen molar-refractivity contribution in [1.82, 2.24) is 0 Å². The molecule has 0 bridgehead atoms. The van der Waals surface area contributed by atoms with Crippen LogP contribution in [0.3, 0.4) is 0 Å². The van der Waals surface area contributed by atoms with Gasteiger partial charge in [0.05, 0.1) is 14.2 Å². The minimum Gasteiger partial charge on any atom is -0.497 e. The number of rotatable bonds is 4. The van der Waals surface area contributed by atoms with Crippen LogP contribution in [0.1, 0.15) is 24.0 Å². The molecule has 0 amide bonds. The summed E-state index contributed by atoms with van der Waals surface area (Å²) in [4.78, 5) is 0. The van der Waals surface area contributed by atoms with Gasteiger partial charge in [-0.25, -0.2) is 0 Å². The number of hydrogen-bond donors (Lipinski definition) is 0. The number of methoxy groups -OCH3 is 2. The summed E-state index contributed by atoms with van der Waals surface area (Å²) in [6, 6.07) is 14.9. The van der Waals surface area contributed by atoms with Gasteiger partial charge >= 0.3 is 0 Å². The number of allylic oxidation sites excluding steroid dienone is 3. The highest BCUT2D eigenvalue weighted by atomic mass is 16.5. The van der Waals surface area contributed by atoms with Gasteiger partial charge in [0.2, 0.25) is 0 Å². The van der Waals surface area contributed by atoms with Gasteiger partial charge in [-0.3, -0.25) is 0 Å². The highest BCUT2D eigenvalue weighted by Crippen LogP contribution is 2.36. The van der Waals surface area contributed by atoms with Crippen LogP contribution in [0.2, 0.25) is 0 Å². The Balaban J connectivity index is 2.14. The Morgan fingerprint density at radius 3 is 2.52 bits per heavy atom. The molecule has 0 saturated heterocycles. The van der Waals surface area contributed by atoms with Gasteiger partial charge in [0.15, 0.2) is 0 Å². The van der Waals surface area contributed by atoms with Crippen LogP contribution in [0.15, 0.2) is 60.4 Å². The van der Waals surface area contributed by atoms with Gasteiger partial charge in [-0.05, 0) is 66.3 Å². The molecule has 0 saturated carbocycles. The predicted molar refractivity (Wildman–Crippen MR) is 95.5 cm³/mol. The summed E-state index contributed by atoms with van der Waals surface area (Å²) < 4.78 is 10.8. The van der Waals surface area contributed by atoms with Crippen LogP contribution >= 0.6 is 0 Å². The number of benzene rings is 2. The van der Waals surface area contributed by atoms with E-state index in [9.17, 15) is 0 Å². The van der Waals surface area contributed by atoms with Crippen molar-refractivity contribution in [3.63, 3.8) is 0 Å². The third-order valence-electron chi connectivity index (χ3n) is 4.21. The van der Waals surface area contributed by atoms with Crippen molar-refractivity contribution in [2.45, 2.75) is 19.8 Å². The van der Waals surface area contributed by atoms with Crippen molar-refractivity contribution in [2.24, 2.45) is 0 Å². The molecule has 0 spiro atoms. The van der Waals surface area contributed by atoms with Gasteiger partial charge in [0, 0.05) is 0 Å². The first-order valence-electron chi connectivity index (χ1n) is 7.91. The first-order chi connectivity index (χ1) is 11.2. The maximum absolute atomic E-state index is 5.44. The van der Waals surface area contributed by atoms with Crippen molar-refractivity contribution in [2.75, 3.05) is 14.2 Å².